The van der Waals surface area contributed by atoms with Crippen molar-refractivity contribution < 1.29 is 17.9 Å². The number of ether oxygens (including phenoxy) is 1. The van der Waals surface area contributed by atoms with Crippen LogP contribution < -0.4 is 4.74 Å². The van der Waals surface area contributed by atoms with Crippen LogP contribution in [0.25, 0.3) is 0 Å². The normalized spacial score (nSPS) is 30.2. The lowest BCUT2D eigenvalue weighted by atomic mass is 9.69. The molecule has 0 bridgehead atoms. The zero-order valence-corrected chi connectivity index (χ0v) is 15.1. The van der Waals surface area contributed by atoms with E-state index < -0.39 is 17.5 Å². The van der Waals surface area contributed by atoms with Crippen LogP contribution in [0.1, 0.15) is 64.7 Å². The van der Waals surface area contributed by atoms with Gasteiger partial charge in [0.05, 0.1) is 6.61 Å². The minimum absolute atomic E-state index is 0.0800. The fraction of sp³-hybridized carbons (Fsp3) is 0.714. The molecule has 0 amide bonds. The molecule has 2 aliphatic rings. The van der Waals surface area contributed by atoms with Crippen LogP contribution in [0.4, 0.5) is 13.2 Å². The van der Waals surface area contributed by atoms with Crippen LogP contribution in [0.15, 0.2) is 12.1 Å². The topological polar surface area (TPSA) is 9.23 Å². The van der Waals surface area contributed by atoms with Crippen molar-refractivity contribution in [2.45, 2.75) is 64.7 Å². The first kappa shape index (κ1) is 18.6. The number of rotatable bonds is 5. The van der Waals surface area contributed by atoms with Crippen molar-refractivity contribution in [3.8, 4) is 5.75 Å². The highest BCUT2D eigenvalue weighted by atomic mass is 19.2. The molecule has 1 aromatic rings. The Labute approximate surface area is 149 Å². The van der Waals surface area contributed by atoms with Gasteiger partial charge in [-0.15, -0.1) is 0 Å². The first-order valence-electron chi connectivity index (χ1n) is 9.84. The van der Waals surface area contributed by atoms with E-state index >= 15 is 0 Å². The lowest BCUT2D eigenvalue weighted by Gasteiger charge is -2.37. The molecule has 0 radical (unpaired) electrons. The lowest BCUT2D eigenvalue weighted by Crippen LogP contribution is -2.27. The van der Waals surface area contributed by atoms with Crippen LogP contribution in [-0.2, 0) is 0 Å². The summed E-state index contributed by atoms with van der Waals surface area (Å²) in [5.74, 6) is -0.638. The van der Waals surface area contributed by atoms with Gasteiger partial charge in [0, 0.05) is 12.1 Å². The van der Waals surface area contributed by atoms with Crippen LogP contribution in [0.3, 0.4) is 0 Å². The largest absolute Gasteiger partial charge is 0.493 e. The van der Waals surface area contributed by atoms with Gasteiger partial charge in [-0.2, -0.15) is 0 Å². The predicted molar refractivity (Wildman–Crippen MR) is 93.0 cm³/mol. The maximum Gasteiger partial charge on any atom is 0.194 e. The van der Waals surface area contributed by atoms with Crippen molar-refractivity contribution in [3.63, 3.8) is 0 Å². The predicted octanol–water partition coefficient (Wildman–Crippen LogP) is 6.51. The van der Waals surface area contributed by atoms with Crippen molar-refractivity contribution in [2.75, 3.05) is 6.61 Å². The third-order valence-corrected chi connectivity index (χ3v) is 6.47. The summed E-state index contributed by atoms with van der Waals surface area (Å²) in [7, 11) is 0. The fourth-order valence-corrected chi connectivity index (χ4v) is 4.72. The van der Waals surface area contributed by atoms with Gasteiger partial charge in [0.1, 0.15) is 5.75 Å². The van der Waals surface area contributed by atoms with E-state index in [1.165, 1.54) is 44.9 Å². The summed E-state index contributed by atoms with van der Waals surface area (Å²) in [6.07, 6.45) is 11.6. The van der Waals surface area contributed by atoms with Gasteiger partial charge < -0.3 is 4.74 Å². The quantitative estimate of drug-likeness (QED) is 0.548. The molecule has 1 nitrogen and oxygen atoms in total. The Kier molecular flexibility index (Phi) is 6.29. The van der Waals surface area contributed by atoms with E-state index in [0.29, 0.717) is 12.5 Å². The first-order chi connectivity index (χ1) is 12.1. The van der Waals surface area contributed by atoms with Crippen molar-refractivity contribution in [2.24, 2.45) is 23.7 Å². The van der Waals surface area contributed by atoms with Crippen molar-refractivity contribution in [1.82, 2.24) is 0 Å². The van der Waals surface area contributed by atoms with E-state index in [1.807, 2.05) is 0 Å². The molecule has 4 heteroatoms. The summed E-state index contributed by atoms with van der Waals surface area (Å²) in [4.78, 5) is 0. The van der Waals surface area contributed by atoms with E-state index in [2.05, 4.69) is 6.92 Å². The van der Waals surface area contributed by atoms with Crippen molar-refractivity contribution in [3.05, 3.63) is 29.6 Å². The summed E-state index contributed by atoms with van der Waals surface area (Å²) in [5, 5.41) is 0. The second kappa shape index (κ2) is 8.46. The molecule has 25 heavy (non-hydrogen) atoms. The Morgan fingerprint density at radius 2 is 1.28 bits per heavy atom. The molecule has 3 rings (SSSR count). The molecule has 140 valence electrons. The lowest BCUT2D eigenvalue weighted by molar-refractivity contribution is 0.122. The Balaban J connectivity index is 1.42. The van der Waals surface area contributed by atoms with Crippen LogP contribution in [0, 0.1) is 41.1 Å². The minimum atomic E-state index is -1.44. The smallest absolute Gasteiger partial charge is 0.194 e. The van der Waals surface area contributed by atoms with Crippen molar-refractivity contribution >= 4 is 0 Å². The van der Waals surface area contributed by atoms with Crippen LogP contribution in [0.5, 0.6) is 5.75 Å². The van der Waals surface area contributed by atoms with Gasteiger partial charge in [-0.25, -0.2) is 13.2 Å². The second-order valence-corrected chi connectivity index (χ2v) is 7.98. The van der Waals surface area contributed by atoms with Crippen LogP contribution in [-0.4, -0.2) is 6.61 Å². The zero-order chi connectivity index (χ0) is 17.8. The molecule has 2 fully saturated rings. The zero-order valence-electron chi connectivity index (χ0n) is 15.1. The molecule has 0 heterocycles. The Morgan fingerprint density at radius 3 is 1.76 bits per heavy atom. The molecular formula is C21H29F3O. The summed E-state index contributed by atoms with van der Waals surface area (Å²) in [6, 6.07) is 1.85. The minimum Gasteiger partial charge on any atom is -0.493 e. The van der Waals surface area contributed by atoms with Gasteiger partial charge in [0.15, 0.2) is 17.5 Å². The van der Waals surface area contributed by atoms with Gasteiger partial charge in [-0.1, -0.05) is 26.2 Å². The molecule has 1 aromatic carbocycles. The van der Waals surface area contributed by atoms with Gasteiger partial charge in [-0.3, -0.25) is 0 Å². The highest BCUT2D eigenvalue weighted by Crippen LogP contribution is 2.42. The summed E-state index contributed by atoms with van der Waals surface area (Å²) < 4.78 is 44.9. The molecule has 0 saturated heterocycles. The molecule has 0 atom stereocenters. The summed E-state index contributed by atoms with van der Waals surface area (Å²) in [6.45, 7) is 2.76. The van der Waals surface area contributed by atoms with E-state index in [4.69, 9.17) is 4.74 Å². The second-order valence-electron chi connectivity index (χ2n) is 7.98. The number of hydrogen-bond acceptors (Lipinski definition) is 1. The molecule has 0 unspecified atom stereocenters. The monoisotopic (exact) mass is 354 g/mol. The molecular weight excluding hydrogens is 325 g/mol. The number of hydrogen-bond donors (Lipinski definition) is 0. The molecule has 0 N–H and O–H groups in total. The average Bonchev–Trinajstić information content (AvgIpc) is 2.65. The highest BCUT2D eigenvalue weighted by molar-refractivity contribution is 5.25. The molecule has 2 saturated carbocycles. The highest BCUT2D eigenvalue weighted by Gasteiger charge is 2.30. The Hall–Kier alpha value is -1.19. The van der Waals surface area contributed by atoms with E-state index in [1.54, 1.807) is 0 Å². The third kappa shape index (κ3) is 4.71. The molecule has 0 aliphatic heterocycles. The Morgan fingerprint density at radius 1 is 0.800 bits per heavy atom. The SMILES string of the molecule is CCC1CCC(C2CCC(COc3cc(F)c(F)c(F)c3)CC2)CC1. The first-order valence-corrected chi connectivity index (χ1v) is 9.84. The number of halogens is 3. The summed E-state index contributed by atoms with van der Waals surface area (Å²) >= 11 is 0. The van der Waals surface area contributed by atoms with E-state index in [-0.39, 0.29) is 5.75 Å². The van der Waals surface area contributed by atoms with E-state index in [9.17, 15) is 13.2 Å². The Bertz CT molecular complexity index is 535. The molecule has 0 aromatic heterocycles. The van der Waals surface area contributed by atoms with Gasteiger partial charge in [0.2, 0.25) is 0 Å². The molecule has 0 spiro atoms. The average molecular weight is 354 g/mol. The maximum absolute atomic E-state index is 13.2. The fourth-order valence-electron chi connectivity index (χ4n) is 4.72. The van der Waals surface area contributed by atoms with Crippen LogP contribution >= 0.6 is 0 Å². The summed E-state index contributed by atoms with van der Waals surface area (Å²) in [5.41, 5.74) is 0. The van der Waals surface area contributed by atoms with E-state index in [0.717, 1.165) is 42.7 Å². The number of benzene rings is 1. The van der Waals surface area contributed by atoms with Crippen LogP contribution in [0.2, 0.25) is 0 Å². The standard InChI is InChI=1S/C21H29F3O/c1-2-14-3-7-16(8-4-14)17-9-5-15(6-10-17)13-25-18-11-19(22)21(24)20(23)12-18/h11-12,14-17H,2-10,13H2,1H3. The third-order valence-electron chi connectivity index (χ3n) is 6.47. The van der Waals surface area contributed by atoms with Gasteiger partial charge in [0.25, 0.3) is 0 Å². The maximum atomic E-state index is 13.2. The van der Waals surface area contributed by atoms with Gasteiger partial charge in [-0.05, 0) is 62.2 Å². The molecule has 2 aliphatic carbocycles. The van der Waals surface area contributed by atoms with Gasteiger partial charge >= 0.3 is 0 Å². The van der Waals surface area contributed by atoms with Crippen molar-refractivity contribution in [1.29, 1.82) is 0 Å².